The molecule has 0 atom stereocenters. The molecule has 1 N–H and O–H groups in total. The van der Waals surface area contributed by atoms with Gasteiger partial charge in [0.15, 0.2) is 0 Å². The summed E-state index contributed by atoms with van der Waals surface area (Å²) in [7, 11) is 0. The number of rotatable bonds is 0. The van der Waals surface area contributed by atoms with Crippen molar-refractivity contribution in [2.75, 3.05) is 0 Å². The minimum absolute atomic E-state index is 0.415. The van der Waals surface area contributed by atoms with Crippen LogP contribution in [0.1, 0.15) is 12.7 Å². The molecule has 0 aliphatic carbocycles. The normalized spacial score (nSPS) is 14.2. The maximum absolute atomic E-state index is 11.1. The smallest absolute Gasteiger partial charge is 0.257 e. The molecule has 0 aromatic carbocycles. The van der Waals surface area contributed by atoms with E-state index in [1.54, 1.807) is 6.20 Å². The third-order valence-corrected chi connectivity index (χ3v) is 1.73. The highest BCUT2D eigenvalue weighted by Gasteiger charge is 2.12. The van der Waals surface area contributed by atoms with Crippen molar-refractivity contribution in [1.82, 2.24) is 14.5 Å². The summed E-state index contributed by atoms with van der Waals surface area (Å²) in [4.78, 5) is 27.6. The molecular weight excluding hydrogens is 158 g/mol. The molecule has 5 nitrogen and oxygen atoms in total. The van der Waals surface area contributed by atoms with Crippen molar-refractivity contribution in [3.63, 3.8) is 0 Å². The zero-order valence-electron chi connectivity index (χ0n) is 6.50. The van der Waals surface area contributed by atoms with E-state index in [0.29, 0.717) is 12.2 Å². The van der Waals surface area contributed by atoms with Crippen LogP contribution >= 0.6 is 0 Å². The van der Waals surface area contributed by atoms with E-state index in [0.717, 1.165) is 5.57 Å². The number of nitrogens with zero attached hydrogens (tertiary/aromatic N) is 2. The maximum Gasteiger partial charge on any atom is 0.350 e. The van der Waals surface area contributed by atoms with Gasteiger partial charge in [-0.25, -0.2) is 9.59 Å². The molecule has 1 aromatic heterocycles. The molecule has 2 heterocycles. The number of fused-ring (bicyclic) bond motifs is 1. The first kappa shape index (κ1) is 7.02. The fraction of sp³-hybridized carbons (Fsp3) is 0.286. The van der Waals surface area contributed by atoms with Crippen molar-refractivity contribution in [2.45, 2.75) is 13.3 Å². The first-order valence-electron chi connectivity index (χ1n) is 3.56. The van der Waals surface area contributed by atoms with Gasteiger partial charge >= 0.3 is 11.4 Å². The third kappa shape index (κ3) is 0.903. The molecule has 0 saturated heterocycles. The molecular formula is C7H7N3O2. The lowest BCUT2D eigenvalue weighted by atomic mass is 10.3. The monoisotopic (exact) mass is 165 g/mol. The van der Waals surface area contributed by atoms with Crippen LogP contribution in [-0.4, -0.2) is 14.5 Å². The molecule has 62 valence electrons. The predicted molar refractivity (Wildman–Crippen MR) is 42.8 cm³/mol. The standard InChI is InChI=1S/C7H7N3O2/c1-4-2-5-8-6(11)9-7(12)10(5)3-4/h3H,2H2,1H3,(H,9,11,12). The lowest BCUT2D eigenvalue weighted by Gasteiger charge is -1.95. The average Bonchev–Trinajstić information content (AvgIpc) is 2.29. The summed E-state index contributed by atoms with van der Waals surface area (Å²) < 4.78 is 1.36. The Balaban J connectivity index is 2.78. The Labute approximate surface area is 67.4 Å². The number of hydrogen-bond donors (Lipinski definition) is 1. The van der Waals surface area contributed by atoms with Crippen LogP contribution in [-0.2, 0) is 6.42 Å². The van der Waals surface area contributed by atoms with Gasteiger partial charge in [-0.1, -0.05) is 0 Å². The van der Waals surface area contributed by atoms with Gasteiger partial charge in [-0.3, -0.25) is 9.55 Å². The zero-order valence-corrected chi connectivity index (χ0v) is 6.50. The molecule has 0 amide bonds. The number of H-pyrrole nitrogens is 1. The van der Waals surface area contributed by atoms with E-state index in [4.69, 9.17) is 0 Å². The highest BCUT2D eigenvalue weighted by molar-refractivity contribution is 5.38. The van der Waals surface area contributed by atoms with Gasteiger partial charge in [0, 0.05) is 12.6 Å². The average molecular weight is 165 g/mol. The second-order valence-corrected chi connectivity index (χ2v) is 2.79. The fourth-order valence-corrected chi connectivity index (χ4v) is 1.24. The molecule has 1 aliphatic heterocycles. The van der Waals surface area contributed by atoms with Crippen LogP contribution in [0.2, 0.25) is 0 Å². The molecule has 2 rings (SSSR count). The second-order valence-electron chi connectivity index (χ2n) is 2.79. The highest BCUT2D eigenvalue weighted by Crippen LogP contribution is 2.10. The predicted octanol–water partition coefficient (Wildman–Crippen LogP) is -0.652. The Hall–Kier alpha value is -1.65. The molecule has 0 radical (unpaired) electrons. The van der Waals surface area contributed by atoms with Gasteiger partial charge in [0.05, 0.1) is 0 Å². The summed E-state index contributed by atoms with van der Waals surface area (Å²) in [6, 6.07) is 0. The van der Waals surface area contributed by atoms with Gasteiger partial charge in [-0.2, -0.15) is 4.98 Å². The van der Waals surface area contributed by atoms with Crippen molar-refractivity contribution >= 4 is 6.20 Å². The van der Waals surface area contributed by atoms with E-state index in [2.05, 4.69) is 9.97 Å². The summed E-state index contributed by atoms with van der Waals surface area (Å²) in [5.41, 5.74) is 0.0369. The van der Waals surface area contributed by atoms with E-state index in [9.17, 15) is 9.59 Å². The van der Waals surface area contributed by atoms with Gasteiger partial charge in [0.1, 0.15) is 5.82 Å². The quantitative estimate of drug-likeness (QED) is 0.555. The number of allylic oxidation sites excluding steroid dienone is 1. The van der Waals surface area contributed by atoms with Crippen molar-refractivity contribution in [2.24, 2.45) is 0 Å². The summed E-state index contributed by atoms with van der Waals surface area (Å²) in [6.45, 7) is 1.89. The van der Waals surface area contributed by atoms with E-state index in [-0.39, 0.29) is 0 Å². The van der Waals surface area contributed by atoms with E-state index in [1.165, 1.54) is 4.57 Å². The number of aromatic amines is 1. The van der Waals surface area contributed by atoms with Crippen molar-refractivity contribution < 1.29 is 0 Å². The van der Waals surface area contributed by atoms with Gasteiger partial charge in [0.25, 0.3) is 0 Å². The van der Waals surface area contributed by atoms with Crippen LogP contribution in [0.3, 0.4) is 0 Å². The summed E-state index contributed by atoms with van der Waals surface area (Å²) in [6.07, 6.45) is 2.26. The van der Waals surface area contributed by atoms with Gasteiger partial charge in [-0.05, 0) is 12.5 Å². The molecule has 1 aliphatic rings. The number of hydrogen-bond acceptors (Lipinski definition) is 3. The highest BCUT2D eigenvalue weighted by atomic mass is 16.2. The fourth-order valence-electron chi connectivity index (χ4n) is 1.24. The summed E-state index contributed by atoms with van der Waals surface area (Å²) in [5.74, 6) is 0.515. The Kier molecular flexibility index (Phi) is 1.27. The maximum atomic E-state index is 11.1. The Morgan fingerprint density at radius 3 is 3.08 bits per heavy atom. The molecule has 5 heteroatoms. The minimum atomic E-state index is -0.575. The number of aromatic nitrogens is 3. The number of nitrogens with one attached hydrogen (secondary N) is 1. The van der Waals surface area contributed by atoms with E-state index in [1.807, 2.05) is 6.92 Å². The van der Waals surface area contributed by atoms with Crippen LogP contribution in [0.25, 0.3) is 6.20 Å². The topological polar surface area (TPSA) is 67.8 Å². The van der Waals surface area contributed by atoms with Gasteiger partial charge < -0.3 is 0 Å². The molecule has 0 unspecified atom stereocenters. The second kappa shape index (κ2) is 2.17. The summed E-state index contributed by atoms with van der Waals surface area (Å²) in [5, 5.41) is 0. The van der Waals surface area contributed by atoms with E-state index >= 15 is 0 Å². The van der Waals surface area contributed by atoms with Crippen LogP contribution in [0.15, 0.2) is 15.2 Å². The minimum Gasteiger partial charge on any atom is -0.257 e. The molecule has 0 fully saturated rings. The van der Waals surface area contributed by atoms with E-state index < -0.39 is 11.4 Å². The lowest BCUT2D eigenvalue weighted by molar-refractivity contribution is 0.808. The van der Waals surface area contributed by atoms with Crippen LogP contribution in [0.5, 0.6) is 0 Å². The Morgan fingerprint density at radius 2 is 2.33 bits per heavy atom. The first-order chi connectivity index (χ1) is 5.66. The molecule has 0 spiro atoms. The Morgan fingerprint density at radius 1 is 1.58 bits per heavy atom. The van der Waals surface area contributed by atoms with Crippen molar-refractivity contribution in [3.8, 4) is 0 Å². The molecule has 0 bridgehead atoms. The van der Waals surface area contributed by atoms with Gasteiger partial charge in [-0.15, -0.1) is 0 Å². The first-order valence-corrected chi connectivity index (χ1v) is 3.56. The Bertz CT molecular complexity index is 466. The van der Waals surface area contributed by atoms with Crippen LogP contribution in [0, 0.1) is 0 Å². The molecule has 12 heavy (non-hydrogen) atoms. The SMILES string of the molecule is CC1=Cn2c(nc(=O)[nH]c2=O)C1. The molecule has 1 aromatic rings. The van der Waals surface area contributed by atoms with Crippen molar-refractivity contribution in [1.29, 1.82) is 0 Å². The van der Waals surface area contributed by atoms with Crippen LogP contribution < -0.4 is 11.4 Å². The lowest BCUT2D eigenvalue weighted by Crippen LogP contribution is -2.30. The van der Waals surface area contributed by atoms with Crippen molar-refractivity contribution in [3.05, 3.63) is 32.4 Å². The zero-order chi connectivity index (χ0) is 8.72. The van der Waals surface area contributed by atoms with Crippen LogP contribution in [0.4, 0.5) is 0 Å². The largest absolute Gasteiger partial charge is 0.350 e. The molecule has 0 saturated carbocycles. The van der Waals surface area contributed by atoms with Gasteiger partial charge in [0.2, 0.25) is 0 Å². The third-order valence-electron chi connectivity index (χ3n) is 1.73. The summed E-state index contributed by atoms with van der Waals surface area (Å²) >= 11 is 0.